The van der Waals surface area contributed by atoms with Crippen molar-refractivity contribution in [2.45, 2.75) is 0 Å². The first-order valence-electron chi connectivity index (χ1n) is 5.59. The van der Waals surface area contributed by atoms with Gasteiger partial charge in [-0.15, -0.1) is 0 Å². The molecule has 1 aromatic carbocycles. The van der Waals surface area contributed by atoms with Crippen LogP contribution in [0.25, 0.3) is 22.2 Å². The molecule has 4 rings (SSSR count). The number of pyridine rings is 1. The van der Waals surface area contributed by atoms with Crippen LogP contribution in [0.2, 0.25) is 0 Å². The van der Waals surface area contributed by atoms with Gasteiger partial charge in [0.1, 0.15) is 0 Å². The summed E-state index contributed by atoms with van der Waals surface area (Å²) in [6.45, 7) is 0.281. The quantitative estimate of drug-likeness (QED) is 0.708. The zero-order valence-corrected chi connectivity index (χ0v) is 9.38. The molecule has 1 aliphatic heterocycles. The highest BCUT2D eigenvalue weighted by Crippen LogP contribution is 2.36. The molecule has 0 unspecified atom stereocenters. The van der Waals surface area contributed by atoms with Crippen molar-refractivity contribution in [2.75, 3.05) is 6.79 Å². The molecule has 1 N–H and O–H groups in total. The summed E-state index contributed by atoms with van der Waals surface area (Å²) in [7, 11) is 0. The fourth-order valence-electron chi connectivity index (χ4n) is 2.14. The molecule has 0 atom stereocenters. The molecule has 1 aliphatic rings. The highest BCUT2D eigenvalue weighted by Gasteiger charge is 2.15. The van der Waals surface area contributed by atoms with Crippen molar-refractivity contribution in [3.63, 3.8) is 0 Å². The lowest BCUT2D eigenvalue weighted by molar-refractivity contribution is 0.174. The van der Waals surface area contributed by atoms with Crippen LogP contribution in [0.5, 0.6) is 11.5 Å². The third-order valence-corrected chi connectivity index (χ3v) is 3.01. The Morgan fingerprint density at radius 2 is 2.06 bits per heavy atom. The van der Waals surface area contributed by atoms with Crippen molar-refractivity contribution in [3.05, 3.63) is 36.9 Å². The lowest BCUT2D eigenvalue weighted by Gasteiger charge is -2.03. The predicted molar refractivity (Wildman–Crippen MR) is 65.4 cm³/mol. The van der Waals surface area contributed by atoms with Crippen molar-refractivity contribution in [3.8, 4) is 22.6 Å². The van der Waals surface area contributed by atoms with E-state index in [0.717, 1.165) is 33.7 Å². The van der Waals surface area contributed by atoms with Crippen LogP contribution in [0.4, 0.5) is 0 Å². The first-order chi connectivity index (χ1) is 8.92. The molecule has 0 amide bonds. The Bertz CT molecular complexity index is 736. The summed E-state index contributed by atoms with van der Waals surface area (Å²) in [6, 6.07) is 5.84. The van der Waals surface area contributed by atoms with Gasteiger partial charge in [0.15, 0.2) is 11.5 Å². The maximum absolute atomic E-state index is 5.38. The number of aromatic amines is 1. The topological polar surface area (TPSA) is 60.0 Å². The van der Waals surface area contributed by atoms with Crippen LogP contribution < -0.4 is 9.47 Å². The molecule has 5 heteroatoms. The van der Waals surface area contributed by atoms with E-state index < -0.39 is 0 Å². The zero-order valence-electron chi connectivity index (χ0n) is 9.38. The highest BCUT2D eigenvalue weighted by atomic mass is 16.7. The lowest BCUT2D eigenvalue weighted by Crippen LogP contribution is -1.92. The van der Waals surface area contributed by atoms with E-state index in [0.29, 0.717) is 0 Å². The third-order valence-electron chi connectivity index (χ3n) is 3.01. The van der Waals surface area contributed by atoms with E-state index in [1.54, 1.807) is 18.7 Å². The number of hydrogen-bond acceptors (Lipinski definition) is 4. The summed E-state index contributed by atoms with van der Waals surface area (Å²) in [5, 5.41) is 0. The van der Waals surface area contributed by atoms with Crippen LogP contribution in [0.15, 0.2) is 36.9 Å². The van der Waals surface area contributed by atoms with Crippen molar-refractivity contribution in [1.29, 1.82) is 0 Å². The van der Waals surface area contributed by atoms with Crippen molar-refractivity contribution >= 4 is 11.0 Å². The summed E-state index contributed by atoms with van der Waals surface area (Å²) < 4.78 is 10.7. The van der Waals surface area contributed by atoms with Gasteiger partial charge in [0.05, 0.1) is 23.6 Å². The second kappa shape index (κ2) is 3.46. The van der Waals surface area contributed by atoms with Gasteiger partial charge < -0.3 is 14.5 Å². The molecule has 0 bridgehead atoms. The predicted octanol–water partition coefficient (Wildman–Crippen LogP) is 2.35. The standard InChI is InChI=1S/C13H9N3O2/c1-2-11-12(18-7-17-11)3-8(1)9-4-14-5-10-13(9)16-6-15-10/h1-6H,7H2,(H,15,16). The van der Waals surface area contributed by atoms with E-state index >= 15 is 0 Å². The Kier molecular flexibility index (Phi) is 1.82. The number of nitrogens with one attached hydrogen (secondary N) is 1. The minimum absolute atomic E-state index is 0.281. The second-order valence-corrected chi connectivity index (χ2v) is 4.05. The average Bonchev–Trinajstić information content (AvgIpc) is 3.05. The van der Waals surface area contributed by atoms with E-state index in [4.69, 9.17) is 9.47 Å². The molecule has 0 aliphatic carbocycles. The monoisotopic (exact) mass is 239 g/mol. The maximum Gasteiger partial charge on any atom is 0.231 e. The van der Waals surface area contributed by atoms with E-state index in [1.165, 1.54) is 0 Å². The van der Waals surface area contributed by atoms with Crippen LogP contribution in [-0.2, 0) is 0 Å². The van der Waals surface area contributed by atoms with Crippen LogP contribution in [0, 0.1) is 0 Å². The van der Waals surface area contributed by atoms with E-state index in [1.807, 2.05) is 18.2 Å². The molecule has 0 spiro atoms. The number of imidazole rings is 1. The van der Waals surface area contributed by atoms with Gasteiger partial charge in [-0.1, -0.05) is 6.07 Å². The number of fused-ring (bicyclic) bond motifs is 2. The minimum atomic E-state index is 0.281. The SMILES string of the molecule is c1nc2c(-c3ccc4c(c3)OCO4)cncc2[nH]1. The Balaban J connectivity index is 1.94. The Morgan fingerprint density at radius 1 is 1.11 bits per heavy atom. The van der Waals surface area contributed by atoms with Crippen molar-refractivity contribution in [2.24, 2.45) is 0 Å². The summed E-state index contributed by atoms with van der Waals surface area (Å²) in [6.07, 6.45) is 5.24. The molecular formula is C13H9N3O2. The fraction of sp³-hybridized carbons (Fsp3) is 0.0769. The summed E-state index contributed by atoms with van der Waals surface area (Å²) in [4.78, 5) is 11.6. The van der Waals surface area contributed by atoms with Crippen molar-refractivity contribution in [1.82, 2.24) is 15.0 Å². The number of nitrogens with zero attached hydrogens (tertiary/aromatic N) is 2. The number of H-pyrrole nitrogens is 1. The van der Waals surface area contributed by atoms with Gasteiger partial charge in [-0.3, -0.25) is 4.98 Å². The number of rotatable bonds is 1. The van der Waals surface area contributed by atoms with Crippen LogP contribution >= 0.6 is 0 Å². The lowest BCUT2D eigenvalue weighted by atomic mass is 10.1. The number of ether oxygens (including phenoxy) is 2. The van der Waals surface area contributed by atoms with Gasteiger partial charge in [0.2, 0.25) is 6.79 Å². The average molecular weight is 239 g/mol. The molecule has 0 saturated heterocycles. The van der Waals surface area contributed by atoms with Gasteiger partial charge in [-0.05, 0) is 17.7 Å². The van der Waals surface area contributed by atoms with Gasteiger partial charge >= 0.3 is 0 Å². The molecule has 3 heterocycles. The Hall–Kier alpha value is -2.56. The summed E-state index contributed by atoms with van der Waals surface area (Å²) in [5.74, 6) is 1.54. The first-order valence-corrected chi connectivity index (χ1v) is 5.59. The normalized spacial score (nSPS) is 13.1. The molecule has 3 aromatic rings. The van der Waals surface area contributed by atoms with Gasteiger partial charge in [-0.25, -0.2) is 4.98 Å². The molecule has 0 saturated carbocycles. The Morgan fingerprint density at radius 3 is 3.06 bits per heavy atom. The molecule has 18 heavy (non-hydrogen) atoms. The number of benzene rings is 1. The Labute approximate surface area is 102 Å². The molecule has 88 valence electrons. The van der Waals surface area contributed by atoms with E-state index in [2.05, 4.69) is 15.0 Å². The van der Waals surface area contributed by atoms with Crippen LogP contribution in [-0.4, -0.2) is 21.7 Å². The smallest absolute Gasteiger partial charge is 0.231 e. The maximum atomic E-state index is 5.38. The van der Waals surface area contributed by atoms with Gasteiger partial charge in [-0.2, -0.15) is 0 Å². The molecular weight excluding hydrogens is 230 g/mol. The van der Waals surface area contributed by atoms with Gasteiger partial charge in [0, 0.05) is 11.8 Å². The molecule has 0 radical (unpaired) electrons. The van der Waals surface area contributed by atoms with Gasteiger partial charge in [0.25, 0.3) is 0 Å². The van der Waals surface area contributed by atoms with E-state index in [9.17, 15) is 0 Å². The highest BCUT2D eigenvalue weighted by molar-refractivity contribution is 5.91. The minimum Gasteiger partial charge on any atom is -0.454 e. The largest absolute Gasteiger partial charge is 0.454 e. The first kappa shape index (κ1) is 9.47. The third kappa shape index (κ3) is 1.27. The summed E-state index contributed by atoms with van der Waals surface area (Å²) >= 11 is 0. The molecule has 0 fully saturated rings. The fourth-order valence-corrected chi connectivity index (χ4v) is 2.14. The molecule has 5 nitrogen and oxygen atoms in total. The van der Waals surface area contributed by atoms with Crippen LogP contribution in [0.3, 0.4) is 0 Å². The van der Waals surface area contributed by atoms with Crippen LogP contribution in [0.1, 0.15) is 0 Å². The second-order valence-electron chi connectivity index (χ2n) is 4.05. The van der Waals surface area contributed by atoms with Crippen molar-refractivity contribution < 1.29 is 9.47 Å². The zero-order chi connectivity index (χ0) is 11.9. The van der Waals surface area contributed by atoms with E-state index in [-0.39, 0.29) is 6.79 Å². The number of aromatic nitrogens is 3. The summed E-state index contributed by atoms with van der Waals surface area (Å²) in [5.41, 5.74) is 3.82. The molecule has 2 aromatic heterocycles. The number of hydrogen-bond donors (Lipinski definition) is 1.